The average Bonchev–Trinajstić information content (AvgIpc) is 2.78. The van der Waals surface area contributed by atoms with E-state index in [1.54, 1.807) is 30.3 Å². The summed E-state index contributed by atoms with van der Waals surface area (Å²) in [6, 6.07) is 7.08. The van der Waals surface area contributed by atoms with Crippen LogP contribution < -0.4 is 4.74 Å². The van der Waals surface area contributed by atoms with Crippen molar-refractivity contribution in [3.05, 3.63) is 101 Å². The molecule has 0 saturated heterocycles. The monoisotopic (exact) mass is 434 g/mol. The van der Waals surface area contributed by atoms with Crippen LogP contribution in [-0.4, -0.2) is 29.9 Å². The summed E-state index contributed by atoms with van der Waals surface area (Å²) in [5.74, 6) is -0.192. The lowest BCUT2D eigenvalue weighted by atomic mass is 9.90. The van der Waals surface area contributed by atoms with Gasteiger partial charge in [-0.05, 0) is 48.3 Å². The molecule has 3 aliphatic carbocycles. The van der Waals surface area contributed by atoms with Crippen LogP contribution in [0.4, 0.5) is 4.39 Å². The molecule has 1 aromatic rings. The van der Waals surface area contributed by atoms with Crippen molar-refractivity contribution in [3.63, 3.8) is 0 Å². The van der Waals surface area contributed by atoms with E-state index in [4.69, 9.17) is 14.6 Å². The molecular weight excluding hydrogens is 407 g/mol. The lowest BCUT2D eigenvalue weighted by molar-refractivity contribution is -0.136. The second-order valence-electron chi connectivity index (χ2n) is 8.20. The largest absolute Gasteiger partial charge is 0.486 e. The first-order valence-corrected chi connectivity index (χ1v) is 10.9. The summed E-state index contributed by atoms with van der Waals surface area (Å²) in [6.07, 6.45) is 19.1. The van der Waals surface area contributed by atoms with Crippen LogP contribution in [-0.2, 0) is 16.0 Å². The Morgan fingerprint density at radius 3 is 2.81 bits per heavy atom. The number of benzene rings is 1. The van der Waals surface area contributed by atoms with E-state index < -0.39 is 5.97 Å². The Morgan fingerprint density at radius 1 is 1.12 bits per heavy atom. The highest BCUT2D eigenvalue weighted by molar-refractivity contribution is 5.70. The Morgan fingerprint density at radius 2 is 2.03 bits per heavy atom. The summed E-state index contributed by atoms with van der Waals surface area (Å²) in [5.41, 5.74) is 2.16. The Labute approximate surface area is 187 Å². The van der Waals surface area contributed by atoms with E-state index in [-0.39, 0.29) is 24.5 Å². The fraction of sp³-hybridized carbons (Fsp3) is 0.296. The van der Waals surface area contributed by atoms with Gasteiger partial charge in [0.1, 0.15) is 17.7 Å². The van der Waals surface area contributed by atoms with E-state index in [2.05, 4.69) is 12.2 Å². The van der Waals surface area contributed by atoms with Crippen LogP contribution in [0.25, 0.3) is 0 Å². The van der Waals surface area contributed by atoms with Crippen molar-refractivity contribution in [2.75, 3.05) is 6.61 Å². The molecule has 32 heavy (non-hydrogen) atoms. The van der Waals surface area contributed by atoms with Gasteiger partial charge in [0.05, 0.1) is 19.1 Å². The molecule has 3 atom stereocenters. The van der Waals surface area contributed by atoms with Crippen LogP contribution in [0.2, 0.25) is 0 Å². The minimum absolute atomic E-state index is 0.0529. The zero-order chi connectivity index (χ0) is 22.3. The number of carboxylic acid groups (broad SMARTS) is 1. The van der Waals surface area contributed by atoms with Crippen LogP contribution in [0.3, 0.4) is 0 Å². The molecule has 0 amide bonds. The lowest BCUT2D eigenvalue weighted by Gasteiger charge is -2.25. The van der Waals surface area contributed by atoms with Gasteiger partial charge in [-0.3, -0.25) is 4.79 Å². The molecule has 0 aromatic heterocycles. The van der Waals surface area contributed by atoms with Gasteiger partial charge in [-0.15, -0.1) is 0 Å². The second-order valence-corrected chi connectivity index (χ2v) is 8.20. The van der Waals surface area contributed by atoms with Crippen LogP contribution in [0.5, 0.6) is 5.75 Å². The van der Waals surface area contributed by atoms with Crippen LogP contribution >= 0.6 is 0 Å². The molecule has 0 bridgehead atoms. The third-order valence-corrected chi connectivity index (χ3v) is 5.67. The average molecular weight is 435 g/mol. The van der Waals surface area contributed by atoms with Crippen molar-refractivity contribution >= 4 is 5.97 Å². The maximum absolute atomic E-state index is 14.9. The standard InChI is InChI=1S/C27H27FO4/c28-26-17-22(31-18-19-6-2-1-3-7-19)12-13-25(26)21-9-5-11-24(16-21)32-23-10-4-8-20(14-23)15-27(29)30/h1-6,8-11,13-14,17,19,22,24H,7,12,15-16,18H2,(H,29,30). The summed E-state index contributed by atoms with van der Waals surface area (Å²) < 4.78 is 26.9. The maximum atomic E-state index is 14.9. The van der Waals surface area contributed by atoms with Gasteiger partial charge in [-0.2, -0.15) is 0 Å². The fourth-order valence-corrected chi connectivity index (χ4v) is 4.06. The third-order valence-electron chi connectivity index (χ3n) is 5.67. The quantitative estimate of drug-likeness (QED) is 0.575. The summed E-state index contributed by atoms with van der Waals surface area (Å²) in [6.45, 7) is 0.584. The van der Waals surface area contributed by atoms with Crippen LogP contribution in [0.15, 0.2) is 95.9 Å². The number of carboxylic acids is 1. The van der Waals surface area contributed by atoms with Gasteiger partial charge in [-0.25, -0.2) is 4.39 Å². The number of halogens is 1. The Bertz CT molecular complexity index is 1030. The molecule has 3 aliphatic rings. The molecule has 3 unspecified atom stereocenters. The van der Waals surface area contributed by atoms with Gasteiger partial charge in [0.2, 0.25) is 0 Å². The number of hydrogen-bond donors (Lipinski definition) is 1. The van der Waals surface area contributed by atoms with Crippen molar-refractivity contribution in [2.24, 2.45) is 5.92 Å². The molecule has 0 aliphatic heterocycles. The molecular formula is C27H27FO4. The highest BCUT2D eigenvalue weighted by Gasteiger charge is 2.23. The summed E-state index contributed by atoms with van der Waals surface area (Å²) in [5, 5.41) is 8.98. The molecule has 166 valence electrons. The van der Waals surface area contributed by atoms with Gasteiger partial charge in [0, 0.05) is 17.9 Å². The third kappa shape index (κ3) is 5.95. The molecule has 4 nitrogen and oxygen atoms in total. The first kappa shape index (κ1) is 22.0. The van der Waals surface area contributed by atoms with E-state index in [9.17, 15) is 9.18 Å². The highest BCUT2D eigenvalue weighted by Crippen LogP contribution is 2.33. The summed E-state index contributed by atoms with van der Waals surface area (Å²) in [7, 11) is 0. The minimum Gasteiger partial charge on any atom is -0.486 e. The number of rotatable bonds is 8. The van der Waals surface area contributed by atoms with E-state index >= 15 is 0 Å². The molecule has 4 rings (SSSR count). The van der Waals surface area contributed by atoms with Gasteiger partial charge >= 0.3 is 5.97 Å². The van der Waals surface area contributed by atoms with Crippen LogP contribution in [0.1, 0.15) is 24.8 Å². The fourth-order valence-electron chi connectivity index (χ4n) is 4.06. The zero-order valence-electron chi connectivity index (χ0n) is 17.8. The van der Waals surface area contributed by atoms with Crippen molar-refractivity contribution in [1.29, 1.82) is 0 Å². The number of allylic oxidation sites excluding steroid dienone is 7. The molecule has 0 radical (unpaired) electrons. The summed E-state index contributed by atoms with van der Waals surface area (Å²) >= 11 is 0. The lowest BCUT2D eigenvalue weighted by Crippen LogP contribution is -2.20. The number of carbonyl (C=O) groups is 1. The predicted octanol–water partition coefficient (Wildman–Crippen LogP) is 5.65. The molecule has 0 spiro atoms. The van der Waals surface area contributed by atoms with Crippen molar-refractivity contribution in [1.82, 2.24) is 0 Å². The first-order valence-electron chi connectivity index (χ1n) is 10.9. The molecule has 1 N–H and O–H groups in total. The molecule has 1 aromatic carbocycles. The van der Waals surface area contributed by atoms with Gasteiger partial charge < -0.3 is 14.6 Å². The molecule has 0 fully saturated rings. The first-order chi connectivity index (χ1) is 15.6. The summed E-state index contributed by atoms with van der Waals surface area (Å²) in [4.78, 5) is 10.9. The van der Waals surface area contributed by atoms with Gasteiger partial charge in [0.25, 0.3) is 0 Å². The zero-order valence-corrected chi connectivity index (χ0v) is 17.8. The predicted molar refractivity (Wildman–Crippen MR) is 122 cm³/mol. The number of aliphatic carboxylic acids is 1. The van der Waals surface area contributed by atoms with E-state index in [0.717, 1.165) is 12.0 Å². The number of ether oxygens (including phenoxy) is 2. The smallest absolute Gasteiger partial charge is 0.307 e. The van der Waals surface area contributed by atoms with Crippen molar-refractivity contribution in [3.8, 4) is 5.75 Å². The Balaban J connectivity index is 1.33. The Hall–Kier alpha value is -3.18. The van der Waals surface area contributed by atoms with Gasteiger partial charge in [-0.1, -0.05) is 54.7 Å². The topological polar surface area (TPSA) is 55.8 Å². The van der Waals surface area contributed by atoms with E-state index in [1.807, 2.05) is 36.5 Å². The minimum atomic E-state index is -0.884. The number of hydrogen-bond acceptors (Lipinski definition) is 3. The van der Waals surface area contributed by atoms with E-state index in [0.29, 0.717) is 42.3 Å². The van der Waals surface area contributed by atoms with Gasteiger partial charge in [0.15, 0.2) is 0 Å². The van der Waals surface area contributed by atoms with Crippen molar-refractivity contribution in [2.45, 2.75) is 37.9 Å². The molecule has 5 heteroatoms. The molecule has 0 saturated carbocycles. The normalized spacial score (nSPS) is 24.5. The van der Waals surface area contributed by atoms with E-state index in [1.165, 1.54) is 0 Å². The van der Waals surface area contributed by atoms with Crippen LogP contribution in [0, 0.1) is 5.92 Å². The second kappa shape index (κ2) is 10.4. The van der Waals surface area contributed by atoms with Crippen molar-refractivity contribution < 1.29 is 23.8 Å². The maximum Gasteiger partial charge on any atom is 0.307 e. The molecule has 0 heterocycles. The highest BCUT2D eigenvalue weighted by atomic mass is 19.1. The Kier molecular flexibility index (Phi) is 7.17. The SMILES string of the molecule is O=C(O)Cc1cccc(OC2C=CC=C(C3=CCC(OCC4C=CC=CC4)C=C3F)C2)c1.